The zero-order valence-electron chi connectivity index (χ0n) is 10.5. The Bertz CT molecular complexity index is 492. The summed E-state index contributed by atoms with van der Waals surface area (Å²) in [5.74, 6) is -1.44. The molecule has 0 radical (unpaired) electrons. The van der Waals surface area contributed by atoms with E-state index in [1.54, 1.807) is 17.0 Å². The minimum Gasteiger partial charge on any atom is -0.480 e. The van der Waals surface area contributed by atoms with Crippen molar-refractivity contribution in [2.75, 3.05) is 31.6 Å². The Morgan fingerprint density at radius 1 is 1.58 bits per heavy atom. The number of carbonyl (C=O) groups excluding carboxylic acids is 1. The molecule has 2 N–H and O–H groups in total. The van der Waals surface area contributed by atoms with E-state index in [9.17, 15) is 14.7 Å². The Balaban J connectivity index is 2.29. The molecule has 0 spiro atoms. The summed E-state index contributed by atoms with van der Waals surface area (Å²) < 4.78 is 4.60. The van der Waals surface area contributed by atoms with Crippen molar-refractivity contribution in [3.8, 4) is 0 Å². The molecule has 7 nitrogen and oxygen atoms in total. The van der Waals surface area contributed by atoms with E-state index in [0.717, 1.165) is 0 Å². The number of aromatic nitrogens is 1. The third kappa shape index (κ3) is 2.82. The molecule has 2 rings (SSSR count). The Labute approximate surface area is 110 Å². The number of methoxy groups -OCH3 is 1. The van der Waals surface area contributed by atoms with Gasteiger partial charge in [0.15, 0.2) is 0 Å². The van der Waals surface area contributed by atoms with Crippen LogP contribution in [0.2, 0.25) is 0 Å². The van der Waals surface area contributed by atoms with Gasteiger partial charge >= 0.3 is 11.9 Å². The molecular formula is C12H15N3O4. The lowest BCUT2D eigenvalue weighted by Crippen LogP contribution is -2.55. The largest absolute Gasteiger partial charge is 0.480 e. The van der Waals surface area contributed by atoms with Gasteiger partial charge in [-0.2, -0.15) is 0 Å². The summed E-state index contributed by atoms with van der Waals surface area (Å²) in [7, 11) is 1.28. The van der Waals surface area contributed by atoms with Crippen LogP contribution in [0.15, 0.2) is 18.3 Å². The highest BCUT2D eigenvalue weighted by atomic mass is 16.5. The minimum absolute atomic E-state index is 0.169. The lowest BCUT2D eigenvalue weighted by molar-refractivity contribution is -0.138. The summed E-state index contributed by atoms with van der Waals surface area (Å²) in [6.45, 7) is 1.62. The first-order valence-electron chi connectivity index (χ1n) is 5.88. The van der Waals surface area contributed by atoms with Gasteiger partial charge in [-0.05, 0) is 12.1 Å². The second-order valence-electron chi connectivity index (χ2n) is 4.14. The highest BCUT2D eigenvalue weighted by Gasteiger charge is 2.28. The van der Waals surface area contributed by atoms with E-state index in [-0.39, 0.29) is 5.69 Å². The molecule has 7 heteroatoms. The number of aliphatic carboxylic acids is 1. The summed E-state index contributed by atoms with van der Waals surface area (Å²) in [5.41, 5.74) is 0.826. The standard InChI is InChI=1S/C12H15N3O4/c1-19-12(18)9-6-8(2-3-14-9)15-5-4-13-7-10(15)11(16)17/h2-3,6,10,13H,4-5,7H2,1H3,(H,16,17). The maximum absolute atomic E-state index is 11.4. The van der Waals surface area contributed by atoms with Gasteiger partial charge in [0.25, 0.3) is 0 Å². The van der Waals surface area contributed by atoms with E-state index in [1.165, 1.54) is 13.3 Å². The molecular weight excluding hydrogens is 250 g/mol. The van der Waals surface area contributed by atoms with Gasteiger partial charge in [-0.15, -0.1) is 0 Å². The summed E-state index contributed by atoms with van der Waals surface area (Å²) in [6, 6.07) is 2.59. The fourth-order valence-corrected chi connectivity index (χ4v) is 2.05. The number of hydrogen-bond donors (Lipinski definition) is 2. The van der Waals surface area contributed by atoms with Crippen LogP contribution in [0.4, 0.5) is 5.69 Å². The van der Waals surface area contributed by atoms with Crippen molar-refractivity contribution in [2.24, 2.45) is 0 Å². The van der Waals surface area contributed by atoms with Crippen LogP contribution in [0.5, 0.6) is 0 Å². The quantitative estimate of drug-likeness (QED) is 0.727. The molecule has 0 aliphatic carbocycles. The van der Waals surface area contributed by atoms with E-state index < -0.39 is 18.0 Å². The monoisotopic (exact) mass is 265 g/mol. The predicted octanol–water partition coefficient (Wildman–Crippen LogP) is -0.269. The van der Waals surface area contributed by atoms with Crippen molar-refractivity contribution in [1.29, 1.82) is 0 Å². The van der Waals surface area contributed by atoms with Crippen LogP contribution in [0.25, 0.3) is 0 Å². The average Bonchev–Trinajstić information content (AvgIpc) is 2.46. The molecule has 1 aliphatic rings. The van der Waals surface area contributed by atoms with E-state index in [1.807, 2.05) is 0 Å². The van der Waals surface area contributed by atoms with Gasteiger partial charge in [0, 0.05) is 31.5 Å². The topological polar surface area (TPSA) is 91.8 Å². The zero-order chi connectivity index (χ0) is 13.8. The second kappa shape index (κ2) is 5.66. The van der Waals surface area contributed by atoms with Crippen LogP contribution >= 0.6 is 0 Å². The second-order valence-corrected chi connectivity index (χ2v) is 4.14. The van der Waals surface area contributed by atoms with Crippen LogP contribution in [0, 0.1) is 0 Å². The summed E-state index contributed by atoms with van der Waals surface area (Å²) >= 11 is 0. The number of carboxylic acids is 1. The Kier molecular flexibility index (Phi) is 3.96. The minimum atomic E-state index is -0.899. The lowest BCUT2D eigenvalue weighted by Gasteiger charge is -2.35. The van der Waals surface area contributed by atoms with Gasteiger partial charge in [-0.3, -0.25) is 0 Å². The number of hydrogen-bond acceptors (Lipinski definition) is 6. The van der Waals surface area contributed by atoms with E-state index in [2.05, 4.69) is 15.0 Å². The molecule has 1 unspecified atom stereocenters. The van der Waals surface area contributed by atoms with Crippen molar-refractivity contribution >= 4 is 17.6 Å². The predicted molar refractivity (Wildman–Crippen MR) is 67.2 cm³/mol. The fraction of sp³-hybridized carbons (Fsp3) is 0.417. The number of rotatable bonds is 3. The van der Waals surface area contributed by atoms with Crippen LogP contribution in [0.3, 0.4) is 0 Å². The van der Waals surface area contributed by atoms with Crippen molar-refractivity contribution in [3.63, 3.8) is 0 Å². The van der Waals surface area contributed by atoms with Gasteiger partial charge in [-0.1, -0.05) is 0 Å². The fourth-order valence-electron chi connectivity index (χ4n) is 2.05. The van der Waals surface area contributed by atoms with Gasteiger partial charge in [0.05, 0.1) is 7.11 Å². The van der Waals surface area contributed by atoms with E-state index >= 15 is 0 Å². The third-order valence-corrected chi connectivity index (χ3v) is 3.00. The number of carbonyl (C=O) groups is 2. The van der Waals surface area contributed by atoms with E-state index in [0.29, 0.717) is 25.3 Å². The molecule has 102 valence electrons. The maximum atomic E-state index is 11.4. The highest BCUT2D eigenvalue weighted by Crippen LogP contribution is 2.19. The van der Waals surface area contributed by atoms with Crippen LogP contribution in [-0.2, 0) is 9.53 Å². The number of esters is 1. The molecule has 1 saturated heterocycles. The van der Waals surface area contributed by atoms with Crippen LogP contribution in [0.1, 0.15) is 10.5 Å². The number of anilines is 1. The number of ether oxygens (including phenoxy) is 1. The number of piperazine rings is 1. The van der Waals surface area contributed by atoms with Crippen molar-refractivity contribution in [2.45, 2.75) is 6.04 Å². The molecule has 1 atom stereocenters. The van der Waals surface area contributed by atoms with Gasteiger partial charge < -0.3 is 20.1 Å². The van der Waals surface area contributed by atoms with Crippen molar-refractivity contribution < 1.29 is 19.4 Å². The molecule has 19 heavy (non-hydrogen) atoms. The highest BCUT2D eigenvalue weighted by molar-refractivity contribution is 5.88. The van der Waals surface area contributed by atoms with Gasteiger partial charge in [-0.25, -0.2) is 14.6 Å². The van der Waals surface area contributed by atoms with Crippen LogP contribution in [-0.4, -0.2) is 54.8 Å². The Hall–Kier alpha value is -2.15. The van der Waals surface area contributed by atoms with Gasteiger partial charge in [0.2, 0.25) is 0 Å². The molecule has 1 aliphatic heterocycles. The summed E-state index contributed by atoms with van der Waals surface area (Å²) in [6.07, 6.45) is 1.47. The lowest BCUT2D eigenvalue weighted by atomic mass is 10.1. The Morgan fingerprint density at radius 2 is 2.37 bits per heavy atom. The van der Waals surface area contributed by atoms with Gasteiger partial charge in [0.1, 0.15) is 11.7 Å². The number of nitrogens with zero attached hydrogens (tertiary/aromatic N) is 2. The summed E-state index contributed by atoms with van der Waals surface area (Å²) in [5, 5.41) is 12.2. The SMILES string of the molecule is COC(=O)c1cc(N2CCNCC2C(=O)O)ccn1. The number of nitrogens with one attached hydrogen (secondary N) is 1. The first-order valence-corrected chi connectivity index (χ1v) is 5.88. The molecule has 1 aromatic heterocycles. The molecule has 0 aromatic carbocycles. The van der Waals surface area contributed by atoms with Crippen molar-refractivity contribution in [1.82, 2.24) is 10.3 Å². The number of pyridine rings is 1. The first kappa shape index (κ1) is 13.3. The summed E-state index contributed by atoms with van der Waals surface area (Å²) in [4.78, 5) is 28.3. The first-order chi connectivity index (χ1) is 9.13. The molecule has 0 saturated carbocycles. The normalized spacial score (nSPS) is 19.0. The molecule has 0 amide bonds. The maximum Gasteiger partial charge on any atom is 0.356 e. The molecule has 2 heterocycles. The zero-order valence-corrected chi connectivity index (χ0v) is 10.5. The van der Waals surface area contributed by atoms with E-state index in [4.69, 9.17) is 0 Å². The molecule has 1 fully saturated rings. The molecule has 1 aromatic rings. The average molecular weight is 265 g/mol. The van der Waals surface area contributed by atoms with Crippen LogP contribution < -0.4 is 10.2 Å². The Morgan fingerprint density at radius 3 is 3.05 bits per heavy atom. The van der Waals surface area contributed by atoms with Crippen molar-refractivity contribution in [3.05, 3.63) is 24.0 Å². The number of carboxylic acid groups (broad SMARTS) is 1. The third-order valence-electron chi connectivity index (χ3n) is 3.00. The smallest absolute Gasteiger partial charge is 0.356 e. The molecule has 0 bridgehead atoms.